The van der Waals surface area contributed by atoms with Crippen LogP contribution in [0.4, 0.5) is 0 Å². The summed E-state index contributed by atoms with van der Waals surface area (Å²) in [6, 6.07) is 7.37. The lowest BCUT2D eigenvalue weighted by atomic mass is 9.89. The van der Waals surface area contributed by atoms with Crippen molar-refractivity contribution in [2.75, 3.05) is 19.7 Å². The van der Waals surface area contributed by atoms with Crippen molar-refractivity contribution in [2.24, 2.45) is 0 Å². The maximum atomic E-state index is 12.2. The molecule has 1 atom stereocenters. The van der Waals surface area contributed by atoms with Crippen LogP contribution in [0.1, 0.15) is 31.2 Å². The number of phenols is 1. The lowest BCUT2D eigenvalue weighted by Crippen LogP contribution is -2.43. The van der Waals surface area contributed by atoms with Crippen LogP contribution >= 0.6 is 0 Å². The van der Waals surface area contributed by atoms with Gasteiger partial charge in [-0.25, -0.2) is 0 Å². The second kappa shape index (κ2) is 7.27. The average molecular weight is 289 g/mol. The number of hydrogen-bond acceptors (Lipinski definition) is 3. The Balaban J connectivity index is 1.86. The van der Waals surface area contributed by atoms with Crippen LogP contribution in [0.15, 0.2) is 36.9 Å². The Morgan fingerprint density at radius 2 is 2.05 bits per heavy atom. The largest absolute Gasteiger partial charge is 0.508 e. The third-order valence-electron chi connectivity index (χ3n) is 3.98. The van der Waals surface area contributed by atoms with E-state index < -0.39 is 6.10 Å². The van der Waals surface area contributed by atoms with Crippen molar-refractivity contribution in [1.82, 2.24) is 4.90 Å². The first-order valence-electron chi connectivity index (χ1n) is 7.42. The number of carbonyl (C=O) groups is 1. The van der Waals surface area contributed by atoms with Crippen LogP contribution in [0.25, 0.3) is 0 Å². The Hall–Kier alpha value is -1.81. The van der Waals surface area contributed by atoms with Gasteiger partial charge in [0.25, 0.3) is 5.91 Å². The molecule has 0 bridgehead atoms. The summed E-state index contributed by atoms with van der Waals surface area (Å²) < 4.78 is 5.39. The quantitative estimate of drug-likeness (QED) is 0.848. The van der Waals surface area contributed by atoms with E-state index in [4.69, 9.17) is 4.74 Å². The maximum absolute atomic E-state index is 12.2. The number of phenolic OH excluding ortho intramolecular Hbond substituents is 1. The van der Waals surface area contributed by atoms with Gasteiger partial charge in [0.1, 0.15) is 11.9 Å². The van der Waals surface area contributed by atoms with E-state index in [1.807, 2.05) is 17.0 Å². The molecule has 0 spiro atoms. The van der Waals surface area contributed by atoms with Crippen LogP contribution in [0.5, 0.6) is 5.75 Å². The molecule has 1 fully saturated rings. The lowest BCUT2D eigenvalue weighted by molar-refractivity contribution is -0.143. The third kappa shape index (κ3) is 4.08. The van der Waals surface area contributed by atoms with Gasteiger partial charge < -0.3 is 14.7 Å². The summed E-state index contributed by atoms with van der Waals surface area (Å²) in [4.78, 5) is 14.1. The minimum atomic E-state index is -0.409. The smallest absolute Gasteiger partial charge is 0.251 e. The molecule has 1 N–H and O–H groups in total. The first-order chi connectivity index (χ1) is 10.1. The minimum Gasteiger partial charge on any atom is -0.508 e. The number of nitrogens with zero attached hydrogens (tertiary/aromatic N) is 1. The number of piperidine rings is 1. The number of amides is 1. The van der Waals surface area contributed by atoms with Crippen molar-refractivity contribution in [3.05, 3.63) is 42.5 Å². The van der Waals surface area contributed by atoms with Crippen molar-refractivity contribution in [1.29, 1.82) is 0 Å². The van der Waals surface area contributed by atoms with Crippen LogP contribution in [0.2, 0.25) is 0 Å². The normalized spacial score (nSPS) is 17.5. The summed E-state index contributed by atoms with van der Waals surface area (Å²) in [5, 5.41) is 9.33. The lowest BCUT2D eigenvalue weighted by Gasteiger charge is -2.33. The molecule has 21 heavy (non-hydrogen) atoms. The van der Waals surface area contributed by atoms with Gasteiger partial charge in [-0.05, 0) is 43.4 Å². The molecule has 1 aliphatic rings. The van der Waals surface area contributed by atoms with E-state index >= 15 is 0 Å². The molecule has 0 aliphatic carbocycles. The fourth-order valence-electron chi connectivity index (χ4n) is 2.72. The molecule has 1 saturated heterocycles. The zero-order chi connectivity index (χ0) is 15.2. The first-order valence-corrected chi connectivity index (χ1v) is 7.42. The molecule has 1 unspecified atom stereocenters. The maximum Gasteiger partial charge on any atom is 0.251 e. The molecule has 1 aliphatic heterocycles. The number of ether oxygens (including phenoxy) is 1. The molecule has 2 rings (SSSR count). The molecule has 1 aromatic rings. The average Bonchev–Trinajstić information content (AvgIpc) is 2.53. The van der Waals surface area contributed by atoms with Gasteiger partial charge in [0.05, 0.1) is 6.61 Å². The molecule has 0 aromatic heterocycles. The summed E-state index contributed by atoms with van der Waals surface area (Å²) in [5.41, 5.74) is 1.23. The minimum absolute atomic E-state index is 0.0565. The van der Waals surface area contributed by atoms with Crippen molar-refractivity contribution < 1.29 is 14.6 Å². The van der Waals surface area contributed by atoms with Gasteiger partial charge in [0, 0.05) is 13.1 Å². The highest BCUT2D eigenvalue weighted by Gasteiger charge is 2.26. The van der Waals surface area contributed by atoms with Gasteiger partial charge in [-0.15, -0.1) is 6.58 Å². The fraction of sp³-hybridized carbons (Fsp3) is 0.471. The number of rotatable bonds is 5. The number of hydrogen-bond donors (Lipinski definition) is 1. The Labute approximate surface area is 126 Å². The molecule has 1 heterocycles. The molecule has 0 saturated carbocycles. The van der Waals surface area contributed by atoms with Gasteiger partial charge in [0.15, 0.2) is 0 Å². The van der Waals surface area contributed by atoms with Crippen LogP contribution < -0.4 is 0 Å². The molecule has 114 valence electrons. The van der Waals surface area contributed by atoms with Gasteiger partial charge >= 0.3 is 0 Å². The summed E-state index contributed by atoms with van der Waals surface area (Å²) in [7, 11) is 0. The van der Waals surface area contributed by atoms with Gasteiger partial charge in [0.2, 0.25) is 0 Å². The Kier molecular flexibility index (Phi) is 5.39. The number of carbonyl (C=O) groups excluding carboxylic acids is 1. The molecule has 1 aromatic carbocycles. The highest BCUT2D eigenvalue weighted by molar-refractivity contribution is 5.80. The highest BCUT2D eigenvalue weighted by Crippen LogP contribution is 2.29. The standard InChI is InChI=1S/C17H23NO3/c1-3-12-21-13(2)17(20)18-10-8-15(9-11-18)14-4-6-16(19)7-5-14/h3-7,13,15,19H,1,8-12H2,2H3. The van der Waals surface area contributed by atoms with Crippen molar-refractivity contribution in [3.8, 4) is 5.75 Å². The van der Waals surface area contributed by atoms with Crippen molar-refractivity contribution in [3.63, 3.8) is 0 Å². The Bertz CT molecular complexity index is 475. The van der Waals surface area contributed by atoms with Crippen LogP contribution in [0.3, 0.4) is 0 Å². The summed E-state index contributed by atoms with van der Waals surface area (Å²) >= 11 is 0. The topological polar surface area (TPSA) is 49.8 Å². The SMILES string of the molecule is C=CCOC(C)C(=O)N1CCC(c2ccc(O)cc2)CC1. The zero-order valence-electron chi connectivity index (χ0n) is 12.5. The van der Waals surface area contributed by atoms with Crippen molar-refractivity contribution in [2.45, 2.75) is 31.8 Å². The van der Waals surface area contributed by atoms with Gasteiger partial charge in [-0.1, -0.05) is 18.2 Å². The second-order valence-electron chi connectivity index (χ2n) is 5.46. The van der Waals surface area contributed by atoms with Crippen LogP contribution in [0, 0.1) is 0 Å². The highest BCUT2D eigenvalue weighted by atomic mass is 16.5. The van der Waals surface area contributed by atoms with Crippen LogP contribution in [-0.2, 0) is 9.53 Å². The summed E-state index contributed by atoms with van der Waals surface area (Å²) in [6.07, 6.45) is 3.14. The molecule has 4 nitrogen and oxygen atoms in total. The predicted octanol–water partition coefficient (Wildman–Crippen LogP) is 2.69. The second-order valence-corrected chi connectivity index (χ2v) is 5.46. The van der Waals surface area contributed by atoms with E-state index in [1.165, 1.54) is 5.56 Å². The van der Waals surface area contributed by atoms with Gasteiger partial charge in [-0.3, -0.25) is 4.79 Å². The monoisotopic (exact) mass is 289 g/mol. The van der Waals surface area contributed by atoms with Crippen molar-refractivity contribution >= 4 is 5.91 Å². The molecular weight excluding hydrogens is 266 g/mol. The molecule has 0 radical (unpaired) electrons. The first kappa shape index (κ1) is 15.6. The third-order valence-corrected chi connectivity index (χ3v) is 3.98. The number of benzene rings is 1. The number of likely N-dealkylation sites (tertiary alicyclic amines) is 1. The van der Waals surface area contributed by atoms with E-state index in [0.29, 0.717) is 18.3 Å². The molecular formula is C17H23NO3. The Morgan fingerprint density at radius 1 is 1.43 bits per heavy atom. The van der Waals surface area contributed by atoms with E-state index in [1.54, 1.807) is 25.1 Å². The van der Waals surface area contributed by atoms with Gasteiger partial charge in [-0.2, -0.15) is 0 Å². The molecule has 4 heteroatoms. The summed E-state index contributed by atoms with van der Waals surface area (Å²) in [6.45, 7) is 7.29. The van der Waals surface area contributed by atoms with Crippen LogP contribution in [-0.4, -0.2) is 41.7 Å². The van der Waals surface area contributed by atoms with E-state index in [-0.39, 0.29) is 5.91 Å². The van der Waals surface area contributed by atoms with E-state index in [2.05, 4.69) is 6.58 Å². The van der Waals surface area contributed by atoms with E-state index in [9.17, 15) is 9.90 Å². The van der Waals surface area contributed by atoms with E-state index in [0.717, 1.165) is 25.9 Å². The summed E-state index contributed by atoms with van der Waals surface area (Å²) in [5.74, 6) is 0.805. The zero-order valence-corrected chi connectivity index (χ0v) is 12.5. The number of aromatic hydroxyl groups is 1. The Morgan fingerprint density at radius 3 is 2.62 bits per heavy atom. The predicted molar refractivity (Wildman–Crippen MR) is 82.3 cm³/mol. The molecule has 1 amide bonds. The fourth-order valence-corrected chi connectivity index (χ4v) is 2.72.